The van der Waals surface area contributed by atoms with Crippen LogP contribution in [-0.2, 0) is 0 Å². The van der Waals surface area contributed by atoms with E-state index in [1.807, 2.05) is 13.0 Å². The molecule has 1 nitrogen and oxygen atoms in total. The van der Waals surface area contributed by atoms with Gasteiger partial charge in [-0.05, 0) is 19.9 Å². The predicted molar refractivity (Wildman–Crippen MR) is 42.9 cm³/mol. The van der Waals surface area contributed by atoms with Gasteiger partial charge in [-0.1, -0.05) is 24.3 Å². The lowest BCUT2D eigenvalue weighted by molar-refractivity contribution is 1.42. The van der Waals surface area contributed by atoms with E-state index in [2.05, 4.69) is 11.6 Å². The highest BCUT2D eigenvalue weighted by Crippen LogP contribution is 1.97. The highest BCUT2D eigenvalue weighted by atomic mass is 35.5. The first-order chi connectivity index (χ1) is 4.16. The molecule has 0 amide bonds. The molecule has 0 aromatic carbocycles. The second-order valence-corrected chi connectivity index (χ2v) is 2.15. The lowest BCUT2D eigenvalue weighted by Gasteiger charge is -1.87. The lowest BCUT2D eigenvalue weighted by Crippen LogP contribution is -1.75. The zero-order chi connectivity index (χ0) is 7.28. The van der Waals surface area contributed by atoms with Crippen molar-refractivity contribution in [1.82, 2.24) is 0 Å². The van der Waals surface area contributed by atoms with Crippen molar-refractivity contribution in [3.63, 3.8) is 0 Å². The van der Waals surface area contributed by atoms with Crippen LogP contribution in [0.1, 0.15) is 13.8 Å². The summed E-state index contributed by atoms with van der Waals surface area (Å²) in [5.74, 6) is 0. The van der Waals surface area contributed by atoms with Crippen LogP contribution in [0.3, 0.4) is 0 Å². The Kier molecular flexibility index (Phi) is 4.06. The van der Waals surface area contributed by atoms with Gasteiger partial charge in [0, 0.05) is 0 Å². The number of halogens is 1. The fourth-order valence-electron chi connectivity index (χ4n) is 0.428. The summed E-state index contributed by atoms with van der Waals surface area (Å²) in [4.78, 5) is 3.87. The zero-order valence-electron chi connectivity index (χ0n) is 5.69. The van der Waals surface area contributed by atoms with Gasteiger partial charge in [-0.25, -0.2) is 4.99 Å². The van der Waals surface area contributed by atoms with Gasteiger partial charge in [0.2, 0.25) is 0 Å². The fourth-order valence-corrected chi connectivity index (χ4v) is 0.536. The second-order valence-electron chi connectivity index (χ2n) is 1.60. The van der Waals surface area contributed by atoms with Gasteiger partial charge in [0.25, 0.3) is 0 Å². The van der Waals surface area contributed by atoms with E-state index in [-0.39, 0.29) is 0 Å². The van der Waals surface area contributed by atoms with Gasteiger partial charge in [-0.3, -0.25) is 0 Å². The molecule has 0 N–H and O–H groups in total. The smallest absolute Gasteiger partial charge is 0.103 e. The third-order valence-corrected chi connectivity index (χ3v) is 0.741. The van der Waals surface area contributed by atoms with E-state index in [1.165, 1.54) is 0 Å². The maximum Gasteiger partial charge on any atom is 0.103 e. The van der Waals surface area contributed by atoms with Crippen molar-refractivity contribution in [2.24, 2.45) is 4.99 Å². The summed E-state index contributed by atoms with van der Waals surface area (Å²) in [6.07, 6.45) is 3.66. The van der Waals surface area contributed by atoms with E-state index >= 15 is 0 Å². The summed E-state index contributed by atoms with van der Waals surface area (Å²) < 4.78 is 0. The summed E-state index contributed by atoms with van der Waals surface area (Å²) in [6, 6.07) is 0. The van der Waals surface area contributed by atoms with E-state index in [1.54, 1.807) is 13.0 Å². The first-order valence-corrected chi connectivity index (χ1v) is 3.07. The molecule has 0 rings (SSSR count). The Morgan fingerprint density at radius 2 is 2.22 bits per heavy atom. The zero-order valence-corrected chi connectivity index (χ0v) is 6.44. The van der Waals surface area contributed by atoms with Crippen LogP contribution in [0.4, 0.5) is 0 Å². The molecular formula is C7H10ClN. The highest BCUT2D eigenvalue weighted by Gasteiger charge is 1.81. The minimum Gasteiger partial charge on any atom is -0.242 e. The van der Waals surface area contributed by atoms with Crippen molar-refractivity contribution in [3.8, 4) is 0 Å². The summed E-state index contributed by atoms with van der Waals surface area (Å²) >= 11 is 5.46. The van der Waals surface area contributed by atoms with E-state index < -0.39 is 0 Å². The molecule has 0 spiro atoms. The normalized spacial score (nSPS) is 12.6. The first kappa shape index (κ1) is 8.44. The maximum atomic E-state index is 5.46. The largest absolute Gasteiger partial charge is 0.242 e. The molecule has 0 aromatic heterocycles. The molecule has 0 radical (unpaired) electrons. The maximum absolute atomic E-state index is 5.46. The number of aliphatic imine (C=N–C) groups is 1. The quantitative estimate of drug-likeness (QED) is 0.417. The fraction of sp³-hybridized carbons (Fsp3) is 0.286. The SMILES string of the molecule is C=C(/C=C\C)N=C(C)Cl. The van der Waals surface area contributed by atoms with Crippen molar-refractivity contribution < 1.29 is 0 Å². The van der Waals surface area contributed by atoms with E-state index in [0.29, 0.717) is 10.9 Å². The molecule has 0 saturated carbocycles. The molecule has 0 aliphatic heterocycles. The number of allylic oxidation sites excluding steroid dienone is 2. The van der Waals surface area contributed by atoms with Crippen LogP contribution in [0, 0.1) is 0 Å². The molecule has 9 heavy (non-hydrogen) atoms. The molecule has 0 aliphatic rings. The number of rotatable bonds is 2. The molecule has 2 heteroatoms. The molecule has 0 aliphatic carbocycles. The Morgan fingerprint density at radius 3 is 2.56 bits per heavy atom. The Balaban J connectivity index is 3.93. The van der Waals surface area contributed by atoms with E-state index in [9.17, 15) is 0 Å². The average Bonchev–Trinajstić information content (AvgIpc) is 1.63. The molecule has 0 bridgehead atoms. The predicted octanol–water partition coefficient (Wildman–Crippen LogP) is 2.73. The molecule has 0 saturated heterocycles. The third kappa shape index (κ3) is 5.31. The topological polar surface area (TPSA) is 12.4 Å². The van der Waals surface area contributed by atoms with Gasteiger partial charge in [-0.2, -0.15) is 0 Å². The van der Waals surface area contributed by atoms with Gasteiger partial charge in [0.1, 0.15) is 5.17 Å². The van der Waals surface area contributed by atoms with Crippen LogP contribution >= 0.6 is 11.6 Å². The summed E-state index contributed by atoms with van der Waals surface area (Å²) in [6.45, 7) is 7.25. The molecule has 0 unspecified atom stereocenters. The number of hydrogen-bond acceptors (Lipinski definition) is 1. The van der Waals surface area contributed by atoms with Gasteiger partial charge < -0.3 is 0 Å². The average molecular weight is 144 g/mol. The molecule has 50 valence electrons. The third-order valence-electron chi connectivity index (χ3n) is 0.657. The number of nitrogens with zero attached hydrogens (tertiary/aromatic N) is 1. The van der Waals surface area contributed by atoms with Gasteiger partial charge >= 0.3 is 0 Å². The van der Waals surface area contributed by atoms with Crippen LogP contribution in [-0.4, -0.2) is 5.17 Å². The van der Waals surface area contributed by atoms with Gasteiger partial charge in [0.05, 0.1) is 5.70 Å². The minimum absolute atomic E-state index is 0.512. The Bertz CT molecular complexity index is 152. The highest BCUT2D eigenvalue weighted by molar-refractivity contribution is 6.64. The van der Waals surface area contributed by atoms with Crippen molar-refractivity contribution in [2.45, 2.75) is 13.8 Å². The van der Waals surface area contributed by atoms with Crippen molar-refractivity contribution in [3.05, 3.63) is 24.4 Å². The Morgan fingerprint density at radius 1 is 1.67 bits per heavy atom. The monoisotopic (exact) mass is 143 g/mol. The van der Waals surface area contributed by atoms with E-state index in [0.717, 1.165) is 0 Å². The van der Waals surface area contributed by atoms with Crippen LogP contribution in [0.15, 0.2) is 29.4 Å². The van der Waals surface area contributed by atoms with Crippen molar-refractivity contribution in [2.75, 3.05) is 0 Å². The Hall–Kier alpha value is -0.560. The summed E-state index contributed by atoms with van der Waals surface area (Å²) in [7, 11) is 0. The van der Waals surface area contributed by atoms with Crippen molar-refractivity contribution >= 4 is 16.8 Å². The molecule has 0 atom stereocenters. The van der Waals surface area contributed by atoms with Crippen LogP contribution < -0.4 is 0 Å². The second kappa shape index (κ2) is 4.33. The molecular weight excluding hydrogens is 134 g/mol. The summed E-state index contributed by atoms with van der Waals surface area (Å²) in [5, 5.41) is 0.512. The van der Waals surface area contributed by atoms with E-state index in [4.69, 9.17) is 11.6 Å². The lowest BCUT2D eigenvalue weighted by atomic mass is 10.4. The molecule has 0 heterocycles. The summed E-state index contributed by atoms with van der Waals surface area (Å²) in [5.41, 5.74) is 0.685. The van der Waals surface area contributed by atoms with Crippen LogP contribution in [0.25, 0.3) is 0 Å². The first-order valence-electron chi connectivity index (χ1n) is 2.69. The number of hydrogen-bond donors (Lipinski definition) is 0. The standard InChI is InChI=1S/C7H10ClN/c1-4-5-6(2)9-7(3)8/h4-5H,2H2,1,3H3/b5-4-,9-7?. The molecule has 0 aromatic rings. The minimum atomic E-state index is 0.512. The van der Waals surface area contributed by atoms with Crippen LogP contribution in [0.5, 0.6) is 0 Å². The van der Waals surface area contributed by atoms with Gasteiger partial charge in [0.15, 0.2) is 0 Å². The van der Waals surface area contributed by atoms with Crippen molar-refractivity contribution in [1.29, 1.82) is 0 Å². The van der Waals surface area contributed by atoms with Gasteiger partial charge in [-0.15, -0.1) is 0 Å². The van der Waals surface area contributed by atoms with Crippen LogP contribution in [0.2, 0.25) is 0 Å². The Labute approximate surface area is 60.7 Å². The molecule has 0 fully saturated rings.